The van der Waals surface area contributed by atoms with Crippen LogP contribution in [0.4, 0.5) is 0 Å². The molecule has 2 amide bonds. The molecule has 1 aromatic rings. The zero-order chi connectivity index (χ0) is 26.0. The molecule has 0 saturated heterocycles. The molecule has 0 bridgehead atoms. The summed E-state index contributed by atoms with van der Waals surface area (Å²) in [5.74, 6) is -0.0581. The fourth-order valence-electron chi connectivity index (χ4n) is 3.51. The van der Waals surface area contributed by atoms with Crippen LogP contribution in [0.5, 0.6) is 0 Å². The SMILES string of the molecule is CCCCCCCCCC(C)CC(=O)OC(C)(C)C.CNC(=O)[C@H](NC(C)=O)c1ccccc1. The van der Waals surface area contributed by atoms with Crippen LogP contribution in [0.1, 0.15) is 111 Å². The number of rotatable bonds is 13. The quantitative estimate of drug-likeness (QED) is 0.266. The number of hydrogen-bond acceptors (Lipinski definition) is 4. The maximum atomic E-state index is 11.7. The average Bonchev–Trinajstić information content (AvgIpc) is 2.76. The van der Waals surface area contributed by atoms with E-state index in [2.05, 4.69) is 24.5 Å². The van der Waals surface area contributed by atoms with Crippen LogP contribution < -0.4 is 10.6 Å². The van der Waals surface area contributed by atoms with E-state index in [1.165, 1.54) is 51.9 Å². The van der Waals surface area contributed by atoms with Gasteiger partial charge in [0.25, 0.3) is 0 Å². The van der Waals surface area contributed by atoms with Crippen molar-refractivity contribution in [2.75, 3.05) is 7.05 Å². The molecule has 2 N–H and O–H groups in total. The number of unbranched alkanes of at least 4 members (excludes halogenated alkanes) is 6. The van der Waals surface area contributed by atoms with Gasteiger partial charge in [0.2, 0.25) is 11.8 Å². The second-order valence-electron chi connectivity index (χ2n) is 9.96. The minimum Gasteiger partial charge on any atom is -0.460 e. The Bertz CT molecular complexity index is 698. The molecule has 0 aromatic heterocycles. The van der Waals surface area contributed by atoms with E-state index in [4.69, 9.17) is 4.74 Å². The molecule has 0 aliphatic rings. The van der Waals surface area contributed by atoms with Crippen molar-refractivity contribution in [1.29, 1.82) is 0 Å². The third-order valence-corrected chi connectivity index (χ3v) is 5.22. The predicted octanol–water partition coefficient (Wildman–Crippen LogP) is 6.10. The second-order valence-corrected chi connectivity index (χ2v) is 9.96. The number of amides is 2. The molecule has 1 aromatic carbocycles. The van der Waals surface area contributed by atoms with Gasteiger partial charge in [0.1, 0.15) is 11.6 Å². The summed E-state index contributed by atoms with van der Waals surface area (Å²) in [6.45, 7) is 11.6. The smallest absolute Gasteiger partial charge is 0.306 e. The van der Waals surface area contributed by atoms with Crippen LogP contribution >= 0.6 is 0 Å². The first-order valence-electron chi connectivity index (χ1n) is 12.8. The molecule has 0 spiro atoms. The van der Waals surface area contributed by atoms with Gasteiger partial charge >= 0.3 is 5.97 Å². The van der Waals surface area contributed by atoms with E-state index in [-0.39, 0.29) is 23.4 Å². The van der Waals surface area contributed by atoms with Gasteiger partial charge in [-0.3, -0.25) is 14.4 Å². The Balaban J connectivity index is 0.000000657. The molecule has 0 heterocycles. The number of carbonyl (C=O) groups is 3. The number of likely N-dealkylation sites (N-methyl/N-ethyl adjacent to an activating group) is 1. The van der Waals surface area contributed by atoms with Gasteiger partial charge in [-0.15, -0.1) is 0 Å². The first-order chi connectivity index (χ1) is 16.0. The highest BCUT2D eigenvalue weighted by atomic mass is 16.6. The lowest BCUT2D eigenvalue weighted by Gasteiger charge is -2.20. The van der Waals surface area contributed by atoms with E-state index >= 15 is 0 Å². The van der Waals surface area contributed by atoms with Crippen molar-refractivity contribution in [1.82, 2.24) is 10.6 Å². The van der Waals surface area contributed by atoms with Crippen molar-refractivity contribution in [2.24, 2.45) is 5.92 Å². The number of hydrogen-bond donors (Lipinski definition) is 2. The lowest BCUT2D eigenvalue weighted by Crippen LogP contribution is -2.37. The molecule has 0 fully saturated rings. The molecule has 2 atom stereocenters. The molecule has 6 heteroatoms. The maximum Gasteiger partial charge on any atom is 0.306 e. The summed E-state index contributed by atoms with van der Waals surface area (Å²) >= 11 is 0. The average molecular weight is 477 g/mol. The largest absolute Gasteiger partial charge is 0.460 e. The summed E-state index contributed by atoms with van der Waals surface area (Å²) in [5, 5.41) is 5.11. The summed E-state index contributed by atoms with van der Waals surface area (Å²) in [4.78, 5) is 34.1. The van der Waals surface area contributed by atoms with Crippen LogP contribution in [0.3, 0.4) is 0 Å². The first-order valence-corrected chi connectivity index (χ1v) is 12.8. The lowest BCUT2D eigenvalue weighted by atomic mass is 9.99. The molecule has 0 aliphatic carbocycles. The molecule has 34 heavy (non-hydrogen) atoms. The van der Waals surface area contributed by atoms with Gasteiger partial charge < -0.3 is 15.4 Å². The first kappa shape index (κ1) is 31.6. The van der Waals surface area contributed by atoms with Crippen LogP contribution in [0.2, 0.25) is 0 Å². The fourth-order valence-corrected chi connectivity index (χ4v) is 3.51. The topological polar surface area (TPSA) is 84.5 Å². The van der Waals surface area contributed by atoms with Gasteiger partial charge in [-0.1, -0.05) is 95.5 Å². The van der Waals surface area contributed by atoms with Crippen molar-refractivity contribution in [2.45, 2.75) is 111 Å². The Labute approximate surface area is 207 Å². The summed E-state index contributed by atoms with van der Waals surface area (Å²) in [6, 6.07) is 8.50. The molecule has 194 valence electrons. The summed E-state index contributed by atoms with van der Waals surface area (Å²) in [5.41, 5.74) is 0.419. The van der Waals surface area contributed by atoms with Gasteiger partial charge in [-0.25, -0.2) is 0 Å². The minimum absolute atomic E-state index is 0.0528. The van der Waals surface area contributed by atoms with Gasteiger partial charge in [-0.2, -0.15) is 0 Å². The minimum atomic E-state index is -0.617. The van der Waals surface area contributed by atoms with E-state index < -0.39 is 6.04 Å². The monoisotopic (exact) mass is 476 g/mol. The van der Waals surface area contributed by atoms with Gasteiger partial charge in [0, 0.05) is 20.4 Å². The molecule has 6 nitrogen and oxygen atoms in total. The Hall–Kier alpha value is -2.37. The van der Waals surface area contributed by atoms with Crippen LogP contribution in [0, 0.1) is 5.92 Å². The Morgan fingerprint density at radius 1 is 0.941 bits per heavy atom. The standard InChI is InChI=1S/C17H34O2.C11H14N2O2/c1-6-7-8-9-10-11-12-13-15(2)14-16(18)19-17(3,4)5;1-8(14)13-10(11(15)12-2)9-6-4-3-5-7-9/h15H,6-14H2,1-5H3;3-7,10H,1-2H3,(H,12,15)(H,13,14)/t;10-/m.1/s1. The molecular weight excluding hydrogens is 428 g/mol. The molecule has 0 aliphatic heterocycles. The number of nitrogens with one attached hydrogen (secondary N) is 2. The summed E-state index contributed by atoms with van der Waals surface area (Å²) in [6.07, 6.45) is 11.0. The number of esters is 1. The normalized spacial score (nSPS) is 12.6. The Kier molecular flexibility index (Phi) is 16.8. The van der Waals surface area contributed by atoms with Gasteiger partial charge in [0.15, 0.2) is 0 Å². The zero-order valence-electron chi connectivity index (χ0n) is 22.5. The third-order valence-electron chi connectivity index (χ3n) is 5.22. The van der Waals surface area contributed by atoms with Crippen molar-refractivity contribution >= 4 is 17.8 Å². The van der Waals surface area contributed by atoms with Gasteiger partial charge in [0.05, 0.1) is 0 Å². The molecule has 1 rings (SSSR count). The highest BCUT2D eigenvalue weighted by molar-refractivity contribution is 5.87. The van der Waals surface area contributed by atoms with E-state index in [0.717, 1.165) is 12.0 Å². The van der Waals surface area contributed by atoms with Gasteiger partial charge in [-0.05, 0) is 32.3 Å². The second kappa shape index (κ2) is 18.0. The molecular formula is C28H48N2O4. The number of carbonyl (C=O) groups excluding carboxylic acids is 3. The maximum absolute atomic E-state index is 11.7. The van der Waals surface area contributed by atoms with Crippen LogP contribution in [0.15, 0.2) is 30.3 Å². The van der Waals surface area contributed by atoms with Crippen molar-refractivity contribution < 1.29 is 19.1 Å². The highest BCUT2D eigenvalue weighted by Crippen LogP contribution is 2.17. The van der Waals surface area contributed by atoms with E-state index in [9.17, 15) is 14.4 Å². The fraction of sp³-hybridized carbons (Fsp3) is 0.679. The molecule has 1 unspecified atom stereocenters. The number of benzene rings is 1. The third kappa shape index (κ3) is 17.2. The van der Waals surface area contributed by atoms with E-state index in [1.54, 1.807) is 19.2 Å². The number of ether oxygens (including phenoxy) is 1. The summed E-state index contributed by atoms with van der Waals surface area (Å²) < 4.78 is 5.34. The lowest BCUT2D eigenvalue weighted by molar-refractivity contribution is -0.155. The van der Waals surface area contributed by atoms with Crippen molar-refractivity contribution in [3.8, 4) is 0 Å². The van der Waals surface area contributed by atoms with Crippen molar-refractivity contribution in [3.63, 3.8) is 0 Å². The molecule has 0 saturated carbocycles. The molecule has 0 radical (unpaired) electrons. The Morgan fingerprint density at radius 2 is 1.50 bits per heavy atom. The Morgan fingerprint density at radius 3 is 2.00 bits per heavy atom. The van der Waals surface area contributed by atoms with Crippen LogP contribution in [-0.2, 0) is 19.1 Å². The van der Waals surface area contributed by atoms with E-state index in [0.29, 0.717) is 12.3 Å². The zero-order valence-corrected chi connectivity index (χ0v) is 22.5. The van der Waals surface area contributed by atoms with Crippen LogP contribution in [0.25, 0.3) is 0 Å². The van der Waals surface area contributed by atoms with Crippen LogP contribution in [-0.4, -0.2) is 30.4 Å². The highest BCUT2D eigenvalue weighted by Gasteiger charge is 2.20. The van der Waals surface area contributed by atoms with E-state index in [1.807, 2.05) is 39.0 Å². The summed E-state index contributed by atoms with van der Waals surface area (Å²) in [7, 11) is 1.54. The van der Waals surface area contributed by atoms with Crippen molar-refractivity contribution in [3.05, 3.63) is 35.9 Å². The predicted molar refractivity (Wildman–Crippen MR) is 139 cm³/mol.